The summed E-state index contributed by atoms with van der Waals surface area (Å²) in [5.74, 6) is 0.439. The molecule has 1 aromatic heterocycles. The van der Waals surface area contributed by atoms with E-state index in [1.54, 1.807) is 12.1 Å². The van der Waals surface area contributed by atoms with E-state index in [0.29, 0.717) is 18.1 Å². The molecule has 0 spiro atoms. The number of hydrogen-bond donors (Lipinski definition) is 2. The van der Waals surface area contributed by atoms with Gasteiger partial charge in [0.1, 0.15) is 0 Å². The molecule has 0 saturated heterocycles. The predicted molar refractivity (Wildman–Crippen MR) is 88.4 cm³/mol. The minimum Gasteiger partial charge on any atom is -0.351 e. The van der Waals surface area contributed by atoms with Gasteiger partial charge in [0.25, 0.3) is 5.91 Å². The van der Waals surface area contributed by atoms with Gasteiger partial charge in [0.15, 0.2) is 11.5 Å². The summed E-state index contributed by atoms with van der Waals surface area (Å²) in [4.78, 5) is 11.8. The van der Waals surface area contributed by atoms with Gasteiger partial charge in [-0.25, -0.2) is 0 Å². The van der Waals surface area contributed by atoms with Gasteiger partial charge in [-0.15, -0.1) is 10.2 Å². The summed E-state index contributed by atoms with van der Waals surface area (Å²) in [5, 5.41) is 14.0. The zero-order valence-corrected chi connectivity index (χ0v) is 13.1. The van der Waals surface area contributed by atoms with Crippen LogP contribution in [0.3, 0.4) is 0 Å². The molecule has 2 rings (SSSR count). The molecule has 1 aromatic carbocycles. The Labute approximate surface area is 131 Å². The molecule has 5 heteroatoms. The lowest BCUT2D eigenvalue weighted by Gasteiger charge is -2.07. The highest BCUT2D eigenvalue weighted by molar-refractivity contribution is 5.92. The second-order valence-corrected chi connectivity index (χ2v) is 5.09. The van der Waals surface area contributed by atoms with E-state index < -0.39 is 0 Å². The summed E-state index contributed by atoms with van der Waals surface area (Å²) in [6.07, 6.45) is 3.03. The molecule has 0 unspecified atom stereocenters. The van der Waals surface area contributed by atoms with Crippen LogP contribution in [0, 0.1) is 0 Å². The van der Waals surface area contributed by atoms with Gasteiger partial charge < -0.3 is 10.6 Å². The standard InChI is InChI=1S/C17H22N4O/c1-3-5-12-18-17(22)15-10-11-16(21-20-15)19-14-8-6-13(4-2)7-9-14/h6-11H,3-5,12H2,1-2H3,(H,18,22)(H,19,21). The highest BCUT2D eigenvalue weighted by atomic mass is 16.1. The van der Waals surface area contributed by atoms with E-state index in [-0.39, 0.29) is 5.91 Å². The van der Waals surface area contributed by atoms with E-state index in [1.165, 1.54) is 5.56 Å². The third-order valence-electron chi connectivity index (χ3n) is 3.35. The van der Waals surface area contributed by atoms with Crippen LogP contribution >= 0.6 is 0 Å². The van der Waals surface area contributed by atoms with E-state index in [9.17, 15) is 4.79 Å². The first-order valence-electron chi connectivity index (χ1n) is 7.70. The lowest BCUT2D eigenvalue weighted by Crippen LogP contribution is -2.25. The average molecular weight is 298 g/mol. The normalized spacial score (nSPS) is 10.3. The molecule has 0 fully saturated rings. The van der Waals surface area contributed by atoms with Gasteiger partial charge in [-0.1, -0.05) is 32.4 Å². The third kappa shape index (κ3) is 4.55. The van der Waals surface area contributed by atoms with Crippen LogP contribution in [0.2, 0.25) is 0 Å². The van der Waals surface area contributed by atoms with Crippen molar-refractivity contribution in [1.82, 2.24) is 15.5 Å². The van der Waals surface area contributed by atoms with Crippen LogP contribution in [0.1, 0.15) is 42.7 Å². The van der Waals surface area contributed by atoms with Crippen molar-refractivity contribution >= 4 is 17.4 Å². The smallest absolute Gasteiger partial charge is 0.271 e. The average Bonchev–Trinajstić information content (AvgIpc) is 2.56. The van der Waals surface area contributed by atoms with Crippen LogP contribution in [0.15, 0.2) is 36.4 Å². The van der Waals surface area contributed by atoms with Gasteiger partial charge >= 0.3 is 0 Å². The van der Waals surface area contributed by atoms with Gasteiger partial charge in [0, 0.05) is 12.2 Å². The van der Waals surface area contributed by atoms with Gasteiger partial charge in [0.05, 0.1) is 0 Å². The SMILES string of the molecule is CCCCNC(=O)c1ccc(Nc2ccc(CC)cc2)nn1. The second-order valence-electron chi connectivity index (χ2n) is 5.09. The van der Waals surface area contributed by atoms with Gasteiger partial charge in [-0.05, 0) is 42.7 Å². The minimum atomic E-state index is -0.181. The van der Waals surface area contributed by atoms with Crippen LogP contribution in [-0.2, 0) is 6.42 Å². The first-order valence-corrected chi connectivity index (χ1v) is 7.70. The van der Waals surface area contributed by atoms with E-state index in [2.05, 4.69) is 46.8 Å². The van der Waals surface area contributed by atoms with Crippen molar-refractivity contribution in [3.63, 3.8) is 0 Å². The number of anilines is 2. The molecule has 116 valence electrons. The van der Waals surface area contributed by atoms with Crippen LogP contribution in [0.5, 0.6) is 0 Å². The molecular weight excluding hydrogens is 276 g/mol. The quantitative estimate of drug-likeness (QED) is 0.770. The number of amides is 1. The number of rotatable bonds is 7. The van der Waals surface area contributed by atoms with E-state index in [1.807, 2.05) is 12.1 Å². The maximum atomic E-state index is 11.8. The second kappa shape index (κ2) is 8.12. The molecule has 0 atom stereocenters. The number of aryl methyl sites for hydroxylation is 1. The van der Waals surface area contributed by atoms with Crippen LogP contribution < -0.4 is 10.6 Å². The summed E-state index contributed by atoms with van der Waals surface area (Å²) in [5.41, 5.74) is 2.57. The molecule has 2 N–H and O–H groups in total. The fourth-order valence-corrected chi connectivity index (χ4v) is 1.96. The van der Waals surface area contributed by atoms with E-state index >= 15 is 0 Å². The van der Waals surface area contributed by atoms with Crippen LogP contribution in [0.4, 0.5) is 11.5 Å². The number of nitrogens with zero attached hydrogens (tertiary/aromatic N) is 2. The van der Waals surface area contributed by atoms with Crippen molar-refractivity contribution in [2.75, 3.05) is 11.9 Å². The molecule has 0 aliphatic heterocycles. The summed E-state index contributed by atoms with van der Waals surface area (Å²) in [7, 11) is 0. The zero-order chi connectivity index (χ0) is 15.8. The molecule has 0 radical (unpaired) electrons. The number of aromatic nitrogens is 2. The van der Waals surface area contributed by atoms with Crippen molar-refractivity contribution < 1.29 is 4.79 Å². The summed E-state index contributed by atoms with van der Waals surface area (Å²) >= 11 is 0. The summed E-state index contributed by atoms with van der Waals surface area (Å²) in [6.45, 7) is 4.87. The summed E-state index contributed by atoms with van der Waals surface area (Å²) < 4.78 is 0. The first-order chi connectivity index (χ1) is 10.7. The predicted octanol–water partition coefficient (Wildman–Crippen LogP) is 3.31. The topological polar surface area (TPSA) is 66.9 Å². The van der Waals surface area contributed by atoms with Gasteiger partial charge in [-0.2, -0.15) is 0 Å². The lowest BCUT2D eigenvalue weighted by molar-refractivity contribution is 0.0947. The Hall–Kier alpha value is -2.43. The molecule has 22 heavy (non-hydrogen) atoms. The Morgan fingerprint density at radius 2 is 1.82 bits per heavy atom. The molecule has 0 aliphatic rings. The Balaban J connectivity index is 1.94. The van der Waals surface area contributed by atoms with Crippen molar-refractivity contribution in [3.8, 4) is 0 Å². The van der Waals surface area contributed by atoms with Crippen molar-refractivity contribution in [1.29, 1.82) is 0 Å². The number of nitrogens with one attached hydrogen (secondary N) is 2. The maximum Gasteiger partial charge on any atom is 0.271 e. The number of hydrogen-bond acceptors (Lipinski definition) is 4. The zero-order valence-electron chi connectivity index (χ0n) is 13.1. The van der Waals surface area contributed by atoms with Crippen molar-refractivity contribution in [2.24, 2.45) is 0 Å². The van der Waals surface area contributed by atoms with Gasteiger partial charge in [0.2, 0.25) is 0 Å². The Morgan fingerprint density at radius 1 is 1.05 bits per heavy atom. The Kier molecular flexibility index (Phi) is 5.89. The molecular formula is C17H22N4O. The molecule has 5 nitrogen and oxygen atoms in total. The van der Waals surface area contributed by atoms with E-state index in [4.69, 9.17) is 0 Å². The molecule has 0 aliphatic carbocycles. The Bertz CT molecular complexity index is 593. The molecule has 0 bridgehead atoms. The fraction of sp³-hybridized carbons (Fsp3) is 0.353. The lowest BCUT2D eigenvalue weighted by atomic mass is 10.1. The first kappa shape index (κ1) is 15.9. The van der Waals surface area contributed by atoms with E-state index in [0.717, 1.165) is 24.9 Å². The monoisotopic (exact) mass is 298 g/mol. The number of unbranched alkanes of at least 4 members (excludes halogenated alkanes) is 1. The molecule has 0 saturated carbocycles. The maximum absolute atomic E-state index is 11.8. The summed E-state index contributed by atoms with van der Waals surface area (Å²) in [6, 6.07) is 11.6. The van der Waals surface area contributed by atoms with Crippen molar-refractivity contribution in [2.45, 2.75) is 33.1 Å². The number of benzene rings is 1. The van der Waals surface area contributed by atoms with Crippen molar-refractivity contribution in [3.05, 3.63) is 47.7 Å². The van der Waals surface area contributed by atoms with Gasteiger partial charge in [-0.3, -0.25) is 4.79 Å². The molecule has 2 aromatic rings. The highest BCUT2D eigenvalue weighted by Crippen LogP contribution is 2.15. The minimum absolute atomic E-state index is 0.181. The van der Waals surface area contributed by atoms with Crippen LogP contribution in [0.25, 0.3) is 0 Å². The highest BCUT2D eigenvalue weighted by Gasteiger charge is 2.07. The Morgan fingerprint density at radius 3 is 2.41 bits per heavy atom. The molecule has 1 amide bonds. The number of carbonyl (C=O) groups is 1. The van der Waals surface area contributed by atoms with Crippen LogP contribution in [-0.4, -0.2) is 22.6 Å². The molecule has 1 heterocycles. The number of carbonyl (C=O) groups excluding carboxylic acids is 1. The fourth-order valence-electron chi connectivity index (χ4n) is 1.96. The largest absolute Gasteiger partial charge is 0.351 e. The third-order valence-corrected chi connectivity index (χ3v) is 3.35.